The fraction of sp³-hybridized carbons (Fsp3) is 0.423. The summed E-state index contributed by atoms with van der Waals surface area (Å²) in [5, 5.41) is 0.736. The highest BCUT2D eigenvalue weighted by Crippen LogP contribution is 2.41. The number of rotatable bonds is 5. The monoisotopic (exact) mass is 449 g/mol. The second-order valence-electron chi connectivity index (χ2n) is 9.26. The minimum Gasteiger partial charge on any atom is -0.368 e. The van der Waals surface area contributed by atoms with E-state index in [1.54, 1.807) is 0 Å². The van der Waals surface area contributed by atoms with Gasteiger partial charge < -0.3 is 19.6 Å². The fourth-order valence-corrected chi connectivity index (χ4v) is 5.03. The Morgan fingerprint density at radius 3 is 2.44 bits per heavy atom. The molecule has 3 fully saturated rings. The summed E-state index contributed by atoms with van der Waals surface area (Å²) < 4.78 is 0. The van der Waals surface area contributed by atoms with Gasteiger partial charge >= 0.3 is 0 Å². The molecule has 1 aliphatic carbocycles. The summed E-state index contributed by atoms with van der Waals surface area (Å²) in [5.74, 6) is 2.88. The van der Waals surface area contributed by atoms with Crippen molar-refractivity contribution >= 4 is 28.8 Å². The van der Waals surface area contributed by atoms with E-state index >= 15 is 0 Å². The first-order valence-electron chi connectivity index (χ1n) is 11.5. The second-order valence-corrected chi connectivity index (χ2v) is 9.69. The molecule has 3 aliphatic rings. The van der Waals surface area contributed by atoms with Crippen LogP contribution < -0.4 is 9.80 Å². The van der Waals surface area contributed by atoms with Crippen molar-refractivity contribution in [3.63, 3.8) is 0 Å². The predicted molar refractivity (Wildman–Crippen MR) is 134 cm³/mol. The first-order valence-corrected chi connectivity index (χ1v) is 11.9. The molecule has 0 radical (unpaired) electrons. The number of nitrogens with zero attached hydrogens (tertiary/aromatic N) is 5. The minimum absolute atomic E-state index is 0.736. The lowest BCUT2D eigenvalue weighted by Gasteiger charge is -2.39. The molecule has 1 aromatic heterocycles. The number of pyridine rings is 1. The maximum absolute atomic E-state index is 6.38. The van der Waals surface area contributed by atoms with E-state index in [0.29, 0.717) is 0 Å². The zero-order chi connectivity index (χ0) is 22.4. The Morgan fingerprint density at radius 1 is 1.06 bits per heavy atom. The lowest BCUT2D eigenvalue weighted by Crippen LogP contribution is -2.46. The standard InChI is InChI=1S/C26H32ClN5/c1-18-15-22(21-5-6-21)17-28-26(18)31-12-10-30(11-13-31)19(2)24-8-7-23(27)16-25(24)32-14-9-29(4)20(32)3/h7-8,15-17,21H,2-3,5-6,9-14H2,1,4H3. The van der Waals surface area contributed by atoms with Crippen LogP contribution in [0, 0.1) is 6.92 Å². The van der Waals surface area contributed by atoms with Gasteiger partial charge in [0, 0.05) is 68.8 Å². The van der Waals surface area contributed by atoms with Crippen molar-refractivity contribution in [1.29, 1.82) is 0 Å². The van der Waals surface area contributed by atoms with Gasteiger partial charge in [-0.2, -0.15) is 0 Å². The molecule has 0 atom stereocenters. The van der Waals surface area contributed by atoms with E-state index in [1.165, 1.54) is 24.0 Å². The third kappa shape index (κ3) is 3.95. The molecule has 0 N–H and O–H groups in total. The van der Waals surface area contributed by atoms with Gasteiger partial charge in [0.2, 0.25) is 0 Å². The summed E-state index contributed by atoms with van der Waals surface area (Å²) in [7, 11) is 2.08. The molecule has 0 bridgehead atoms. The van der Waals surface area contributed by atoms with Crippen molar-refractivity contribution in [3.05, 3.63) is 71.2 Å². The molecule has 0 amide bonds. The van der Waals surface area contributed by atoms with Gasteiger partial charge in [-0.3, -0.25) is 0 Å². The van der Waals surface area contributed by atoms with Crippen molar-refractivity contribution in [1.82, 2.24) is 14.8 Å². The van der Waals surface area contributed by atoms with Crippen LogP contribution in [0.3, 0.4) is 0 Å². The maximum Gasteiger partial charge on any atom is 0.131 e. The zero-order valence-corrected chi connectivity index (χ0v) is 19.9. The smallest absolute Gasteiger partial charge is 0.131 e. The molecule has 3 heterocycles. The first-order chi connectivity index (χ1) is 15.4. The molecule has 5 rings (SSSR count). The number of anilines is 2. The van der Waals surface area contributed by atoms with Gasteiger partial charge in [0.15, 0.2) is 0 Å². The summed E-state index contributed by atoms with van der Waals surface area (Å²) in [4.78, 5) is 14.1. The summed E-state index contributed by atoms with van der Waals surface area (Å²) in [5.41, 5.74) is 5.96. The Labute approximate surface area is 196 Å². The van der Waals surface area contributed by atoms with E-state index < -0.39 is 0 Å². The summed E-state index contributed by atoms with van der Waals surface area (Å²) in [6.45, 7) is 16.5. The molecule has 5 nitrogen and oxygen atoms in total. The van der Waals surface area contributed by atoms with Gasteiger partial charge in [0.25, 0.3) is 0 Å². The van der Waals surface area contributed by atoms with Gasteiger partial charge in [-0.25, -0.2) is 4.98 Å². The molecular formula is C26H32ClN5. The topological polar surface area (TPSA) is 25.9 Å². The highest BCUT2D eigenvalue weighted by molar-refractivity contribution is 6.31. The zero-order valence-electron chi connectivity index (χ0n) is 19.1. The predicted octanol–water partition coefficient (Wildman–Crippen LogP) is 4.94. The van der Waals surface area contributed by atoms with Crippen molar-refractivity contribution in [2.24, 2.45) is 0 Å². The van der Waals surface area contributed by atoms with Crippen LogP contribution in [0.25, 0.3) is 5.70 Å². The van der Waals surface area contributed by atoms with Crippen molar-refractivity contribution in [3.8, 4) is 0 Å². The van der Waals surface area contributed by atoms with Crippen LogP contribution in [0.5, 0.6) is 0 Å². The number of halogens is 1. The summed E-state index contributed by atoms with van der Waals surface area (Å²) in [6.07, 6.45) is 4.72. The Bertz CT molecular complexity index is 1050. The van der Waals surface area contributed by atoms with Crippen LogP contribution in [-0.2, 0) is 0 Å². The third-order valence-corrected chi connectivity index (χ3v) is 7.29. The highest BCUT2D eigenvalue weighted by atomic mass is 35.5. The van der Waals surface area contributed by atoms with Crippen molar-refractivity contribution in [2.75, 3.05) is 56.1 Å². The van der Waals surface area contributed by atoms with Crippen molar-refractivity contribution in [2.45, 2.75) is 25.7 Å². The molecule has 1 saturated carbocycles. The Morgan fingerprint density at radius 2 is 1.81 bits per heavy atom. The van der Waals surface area contributed by atoms with Gasteiger partial charge in [0.1, 0.15) is 11.6 Å². The number of hydrogen-bond donors (Lipinski definition) is 0. The molecule has 1 aromatic carbocycles. The molecule has 6 heteroatoms. The highest BCUT2D eigenvalue weighted by Gasteiger charge is 2.28. The van der Waals surface area contributed by atoms with E-state index in [2.05, 4.69) is 65.1 Å². The molecule has 168 valence electrons. The van der Waals surface area contributed by atoms with E-state index in [9.17, 15) is 0 Å². The van der Waals surface area contributed by atoms with Crippen LogP contribution in [0.4, 0.5) is 11.5 Å². The molecule has 0 unspecified atom stereocenters. The Kier molecular flexibility index (Phi) is 5.54. The van der Waals surface area contributed by atoms with E-state index in [1.807, 2.05) is 12.1 Å². The number of likely N-dealkylation sites (N-methyl/N-ethyl adjacent to an activating group) is 1. The minimum atomic E-state index is 0.736. The average molecular weight is 450 g/mol. The van der Waals surface area contributed by atoms with Gasteiger partial charge in [-0.05, 0) is 55.0 Å². The van der Waals surface area contributed by atoms with Crippen LogP contribution in [0.1, 0.15) is 35.4 Å². The Hall–Kier alpha value is -2.66. The first kappa shape index (κ1) is 21.2. The molecular weight excluding hydrogens is 418 g/mol. The lowest BCUT2D eigenvalue weighted by molar-refractivity contribution is 0.367. The van der Waals surface area contributed by atoms with Gasteiger partial charge in [0.05, 0.1) is 5.69 Å². The largest absolute Gasteiger partial charge is 0.368 e. The van der Waals surface area contributed by atoms with Gasteiger partial charge in [-0.15, -0.1) is 0 Å². The molecule has 2 saturated heterocycles. The normalized spacial score (nSPS) is 19.2. The number of piperazine rings is 1. The summed E-state index contributed by atoms with van der Waals surface area (Å²) >= 11 is 6.38. The van der Waals surface area contributed by atoms with Crippen LogP contribution in [0.15, 0.2) is 49.4 Å². The van der Waals surface area contributed by atoms with E-state index in [4.69, 9.17) is 16.6 Å². The molecule has 32 heavy (non-hydrogen) atoms. The quantitative estimate of drug-likeness (QED) is 0.644. The van der Waals surface area contributed by atoms with Crippen molar-refractivity contribution < 1.29 is 0 Å². The van der Waals surface area contributed by atoms with Gasteiger partial charge in [-0.1, -0.05) is 30.8 Å². The van der Waals surface area contributed by atoms with E-state index in [-0.39, 0.29) is 0 Å². The molecule has 2 aliphatic heterocycles. The average Bonchev–Trinajstić information content (AvgIpc) is 3.59. The van der Waals surface area contributed by atoms with Crippen LogP contribution in [0.2, 0.25) is 5.02 Å². The lowest BCUT2D eigenvalue weighted by atomic mass is 10.1. The maximum atomic E-state index is 6.38. The fourth-order valence-electron chi connectivity index (χ4n) is 4.86. The molecule has 2 aromatic rings. The number of benzene rings is 1. The van der Waals surface area contributed by atoms with Crippen LogP contribution in [-0.4, -0.2) is 61.1 Å². The number of aryl methyl sites for hydroxylation is 1. The third-order valence-electron chi connectivity index (χ3n) is 7.05. The number of aromatic nitrogens is 1. The molecule has 0 spiro atoms. The number of hydrogen-bond acceptors (Lipinski definition) is 5. The SMILES string of the molecule is C=C(c1ccc(Cl)cc1N1CCN(C)C1=C)N1CCN(c2ncc(C3CC3)cc2C)CC1. The van der Waals surface area contributed by atoms with E-state index in [0.717, 1.165) is 78.8 Å². The second kappa shape index (κ2) is 8.36. The summed E-state index contributed by atoms with van der Waals surface area (Å²) in [6, 6.07) is 8.43. The Balaban J connectivity index is 1.30. The van der Waals surface area contributed by atoms with Crippen LogP contribution >= 0.6 is 11.6 Å².